The van der Waals surface area contributed by atoms with Crippen molar-refractivity contribution in [3.63, 3.8) is 0 Å². The van der Waals surface area contributed by atoms with Gasteiger partial charge in [-0.2, -0.15) is 0 Å². The summed E-state index contributed by atoms with van der Waals surface area (Å²) in [6.07, 6.45) is 0. The second-order valence-electron chi connectivity index (χ2n) is 6.57. The summed E-state index contributed by atoms with van der Waals surface area (Å²) in [4.78, 5) is 4.98. The molecule has 1 nitrogen and oxygen atoms in total. The van der Waals surface area contributed by atoms with E-state index >= 15 is 0 Å². The summed E-state index contributed by atoms with van der Waals surface area (Å²) in [5.41, 5.74) is 5.76. The number of aromatic nitrogens is 1. The molecule has 0 aliphatic carbocycles. The summed E-state index contributed by atoms with van der Waals surface area (Å²) in [6, 6.07) is 25.1. The average molecular weight is 287 g/mol. The molecule has 1 heteroatoms. The van der Waals surface area contributed by atoms with Crippen LogP contribution < -0.4 is 0 Å². The van der Waals surface area contributed by atoms with Crippen molar-refractivity contribution < 1.29 is 0 Å². The molecule has 22 heavy (non-hydrogen) atoms. The van der Waals surface area contributed by atoms with Crippen LogP contribution in [0.5, 0.6) is 0 Å². The third-order valence-electron chi connectivity index (χ3n) is 3.82. The molecule has 0 bridgehead atoms. The Balaban J connectivity index is 2.20. The highest BCUT2D eigenvalue weighted by Gasteiger charge is 2.20. The average Bonchev–Trinajstić information content (AvgIpc) is 2.55. The van der Waals surface area contributed by atoms with Crippen LogP contribution in [-0.4, -0.2) is 4.98 Å². The fourth-order valence-electron chi connectivity index (χ4n) is 2.65. The second kappa shape index (κ2) is 5.76. The van der Waals surface area contributed by atoms with Gasteiger partial charge in [0.2, 0.25) is 0 Å². The first-order valence-corrected chi connectivity index (χ1v) is 7.68. The molecule has 0 atom stereocenters. The first-order valence-electron chi connectivity index (χ1n) is 7.68. The van der Waals surface area contributed by atoms with Gasteiger partial charge in [0.05, 0.1) is 11.4 Å². The molecule has 0 saturated heterocycles. The number of pyridine rings is 1. The highest BCUT2D eigenvalue weighted by Crippen LogP contribution is 2.33. The third kappa shape index (κ3) is 2.94. The Morgan fingerprint density at radius 3 is 1.73 bits per heavy atom. The smallest absolute Gasteiger partial charge is 0.0746 e. The van der Waals surface area contributed by atoms with Crippen LogP contribution in [0, 0.1) is 0 Å². The summed E-state index contributed by atoms with van der Waals surface area (Å²) in [5, 5.41) is 0. The summed E-state index contributed by atoms with van der Waals surface area (Å²) in [5.74, 6) is 0. The van der Waals surface area contributed by atoms with E-state index in [-0.39, 0.29) is 5.41 Å². The van der Waals surface area contributed by atoms with Gasteiger partial charge in [0, 0.05) is 11.1 Å². The lowest BCUT2D eigenvalue weighted by Gasteiger charge is -2.23. The van der Waals surface area contributed by atoms with E-state index in [0.717, 1.165) is 17.0 Å². The van der Waals surface area contributed by atoms with Crippen LogP contribution in [0.1, 0.15) is 26.3 Å². The minimum absolute atomic E-state index is 0.0629. The fourth-order valence-corrected chi connectivity index (χ4v) is 2.65. The zero-order valence-electron chi connectivity index (χ0n) is 13.4. The monoisotopic (exact) mass is 287 g/mol. The number of hydrogen-bond acceptors (Lipinski definition) is 1. The fraction of sp³-hybridized carbons (Fsp3) is 0.190. The van der Waals surface area contributed by atoms with Crippen LogP contribution in [-0.2, 0) is 5.41 Å². The second-order valence-corrected chi connectivity index (χ2v) is 6.57. The maximum atomic E-state index is 4.98. The Morgan fingerprint density at radius 2 is 1.18 bits per heavy atom. The maximum absolute atomic E-state index is 4.98. The minimum Gasteiger partial charge on any atom is -0.247 e. The van der Waals surface area contributed by atoms with E-state index in [1.807, 2.05) is 12.1 Å². The van der Waals surface area contributed by atoms with Crippen molar-refractivity contribution in [2.45, 2.75) is 26.2 Å². The van der Waals surface area contributed by atoms with Gasteiger partial charge in [-0.15, -0.1) is 0 Å². The molecule has 0 unspecified atom stereocenters. The Hall–Kier alpha value is -2.41. The van der Waals surface area contributed by atoms with Crippen LogP contribution in [0.4, 0.5) is 0 Å². The zero-order chi connectivity index (χ0) is 15.6. The maximum Gasteiger partial charge on any atom is 0.0746 e. The van der Waals surface area contributed by atoms with E-state index in [2.05, 4.69) is 81.4 Å². The summed E-state index contributed by atoms with van der Waals surface area (Å²) < 4.78 is 0. The Bertz CT molecular complexity index is 753. The molecule has 2 aromatic carbocycles. The molecule has 0 amide bonds. The number of benzene rings is 2. The van der Waals surface area contributed by atoms with Crippen molar-refractivity contribution in [2.24, 2.45) is 0 Å². The van der Waals surface area contributed by atoms with Gasteiger partial charge in [-0.05, 0) is 17.0 Å². The predicted octanol–water partition coefficient (Wildman–Crippen LogP) is 5.71. The van der Waals surface area contributed by atoms with Crippen molar-refractivity contribution in [3.8, 4) is 22.5 Å². The Morgan fingerprint density at radius 1 is 0.636 bits per heavy atom. The van der Waals surface area contributed by atoms with E-state index in [4.69, 9.17) is 4.98 Å². The third-order valence-corrected chi connectivity index (χ3v) is 3.82. The topological polar surface area (TPSA) is 12.9 Å². The van der Waals surface area contributed by atoms with Crippen LogP contribution in [0.25, 0.3) is 22.5 Å². The van der Waals surface area contributed by atoms with Crippen molar-refractivity contribution in [1.29, 1.82) is 0 Å². The zero-order valence-corrected chi connectivity index (χ0v) is 13.4. The quantitative estimate of drug-likeness (QED) is 0.588. The summed E-state index contributed by atoms with van der Waals surface area (Å²) in [7, 11) is 0. The first-order chi connectivity index (χ1) is 10.6. The van der Waals surface area contributed by atoms with E-state index < -0.39 is 0 Å². The van der Waals surface area contributed by atoms with Crippen LogP contribution in [0.2, 0.25) is 0 Å². The van der Waals surface area contributed by atoms with Gasteiger partial charge in [-0.1, -0.05) is 87.5 Å². The number of hydrogen-bond donors (Lipinski definition) is 0. The molecule has 0 fully saturated rings. The highest BCUT2D eigenvalue weighted by molar-refractivity contribution is 5.69. The molecule has 0 N–H and O–H groups in total. The normalized spacial score (nSPS) is 11.4. The lowest BCUT2D eigenvalue weighted by molar-refractivity contribution is 0.590. The Labute approximate surface area is 132 Å². The molecule has 0 radical (unpaired) electrons. The lowest BCUT2D eigenvalue weighted by Crippen LogP contribution is -2.14. The van der Waals surface area contributed by atoms with Gasteiger partial charge in [-0.3, -0.25) is 0 Å². The van der Waals surface area contributed by atoms with Crippen LogP contribution in [0.3, 0.4) is 0 Å². The van der Waals surface area contributed by atoms with E-state index in [9.17, 15) is 0 Å². The van der Waals surface area contributed by atoms with Gasteiger partial charge in [0.25, 0.3) is 0 Å². The molecule has 0 aliphatic rings. The number of rotatable bonds is 2. The van der Waals surface area contributed by atoms with Crippen molar-refractivity contribution in [1.82, 2.24) is 4.98 Å². The van der Waals surface area contributed by atoms with Gasteiger partial charge in [0.1, 0.15) is 0 Å². The minimum atomic E-state index is 0.0629. The Kier molecular flexibility index (Phi) is 3.81. The first kappa shape index (κ1) is 14.5. The van der Waals surface area contributed by atoms with Crippen molar-refractivity contribution in [2.75, 3.05) is 0 Å². The van der Waals surface area contributed by atoms with Gasteiger partial charge < -0.3 is 0 Å². The summed E-state index contributed by atoms with van der Waals surface area (Å²) >= 11 is 0. The van der Waals surface area contributed by atoms with Crippen molar-refractivity contribution >= 4 is 0 Å². The summed E-state index contributed by atoms with van der Waals surface area (Å²) in [6.45, 7) is 6.70. The molecular weight excluding hydrogens is 266 g/mol. The van der Waals surface area contributed by atoms with Gasteiger partial charge in [-0.25, -0.2) is 4.98 Å². The molecule has 1 aromatic heterocycles. The molecular formula is C21H21N. The molecule has 3 rings (SSSR count). The molecule has 0 saturated carbocycles. The standard InChI is InChI=1S/C21H21N/c1-21(2,3)18-14-15-19(16-10-6-4-7-11-16)22-20(18)17-12-8-5-9-13-17/h4-15H,1-3H3. The van der Waals surface area contributed by atoms with E-state index in [0.29, 0.717) is 0 Å². The van der Waals surface area contributed by atoms with Crippen LogP contribution in [0.15, 0.2) is 72.8 Å². The van der Waals surface area contributed by atoms with Crippen LogP contribution >= 0.6 is 0 Å². The largest absolute Gasteiger partial charge is 0.247 e. The van der Waals surface area contributed by atoms with Gasteiger partial charge >= 0.3 is 0 Å². The molecule has 3 aromatic rings. The van der Waals surface area contributed by atoms with Gasteiger partial charge in [0.15, 0.2) is 0 Å². The highest BCUT2D eigenvalue weighted by atomic mass is 14.7. The molecule has 110 valence electrons. The SMILES string of the molecule is CC(C)(C)c1ccc(-c2ccccc2)nc1-c1ccccc1. The molecule has 0 aliphatic heterocycles. The van der Waals surface area contributed by atoms with E-state index in [1.165, 1.54) is 11.1 Å². The lowest BCUT2D eigenvalue weighted by atomic mass is 9.84. The molecule has 0 spiro atoms. The molecule has 1 heterocycles. The number of nitrogens with zero attached hydrogens (tertiary/aromatic N) is 1. The predicted molar refractivity (Wildman–Crippen MR) is 93.8 cm³/mol. The van der Waals surface area contributed by atoms with E-state index in [1.54, 1.807) is 0 Å². The van der Waals surface area contributed by atoms with Crippen molar-refractivity contribution in [3.05, 3.63) is 78.4 Å².